The molecular weight excluding hydrogens is 362 g/mol. The predicted molar refractivity (Wildman–Crippen MR) is 105 cm³/mol. The standard InChI is InChI=1S/C20H16ClN5O/c1-2-14-11-19(25-26(14)15-7-5-6-13(21)10-15)24-20(27)18-12-22-16-8-3-4-9-17(16)23-18/h3-12H,2H2,1H3,(H,24,25,27). The van der Waals surface area contributed by atoms with E-state index in [9.17, 15) is 4.79 Å². The molecule has 0 spiro atoms. The van der Waals surface area contributed by atoms with Crippen molar-refractivity contribution >= 4 is 34.4 Å². The normalized spacial score (nSPS) is 10.9. The number of fused-ring (bicyclic) bond motifs is 1. The van der Waals surface area contributed by atoms with Crippen LogP contribution in [0.4, 0.5) is 5.82 Å². The number of nitrogens with one attached hydrogen (secondary N) is 1. The molecule has 4 aromatic rings. The first-order chi connectivity index (χ1) is 13.1. The van der Waals surface area contributed by atoms with Gasteiger partial charge in [0, 0.05) is 16.8 Å². The van der Waals surface area contributed by atoms with Crippen molar-refractivity contribution in [1.82, 2.24) is 19.7 Å². The molecule has 0 fully saturated rings. The highest BCUT2D eigenvalue weighted by Crippen LogP contribution is 2.20. The zero-order chi connectivity index (χ0) is 18.8. The van der Waals surface area contributed by atoms with Crippen LogP contribution < -0.4 is 5.32 Å². The van der Waals surface area contributed by atoms with Crippen molar-refractivity contribution in [2.24, 2.45) is 0 Å². The van der Waals surface area contributed by atoms with Gasteiger partial charge in [-0.3, -0.25) is 9.78 Å². The van der Waals surface area contributed by atoms with Gasteiger partial charge in [0.1, 0.15) is 5.69 Å². The van der Waals surface area contributed by atoms with E-state index in [4.69, 9.17) is 11.6 Å². The van der Waals surface area contributed by atoms with E-state index < -0.39 is 0 Å². The van der Waals surface area contributed by atoms with E-state index in [0.29, 0.717) is 16.4 Å². The first-order valence-electron chi connectivity index (χ1n) is 8.52. The topological polar surface area (TPSA) is 72.7 Å². The number of benzene rings is 2. The molecule has 2 heterocycles. The molecule has 27 heavy (non-hydrogen) atoms. The minimum Gasteiger partial charge on any atom is -0.304 e. The summed E-state index contributed by atoms with van der Waals surface area (Å²) >= 11 is 6.08. The first-order valence-corrected chi connectivity index (χ1v) is 8.90. The summed E-state index contributed by atoms with van der Waals surface area (Å²) in [6.07, 6.45) is 2.22. The second-order valence-electron chi connectivity index (χ2n) is 5.96. The SMILES string of the molecule is CCc1cc(NC(=O)c2cnc3ccccc3n2)nn1-c1cccc(Cl)c1. The molecule has 0 aliphatic heterocycles. The second kappa shape index (κ2) is 7.17. The van der Waals surface area contributed by atoms with Gasteiger partial charge in [-0.25, -0.2) is 9.67 Å². The summed E-state index contributed by atoms with van der Waals surface area (Å²) in [5.41, 5.74) is 3.45. The molecule has 1 N–H and O–H groups in total. The van der Waals surface area contributed by atoms with E-state index >= 15 is 0 Å². The fourth-order valence-electron chi connectivity index (χ4n) is 2.81. The average Bonchev–Trinajstić information content (AvgIpc) is 3.10. The molecule has 4 rings (SSSR count). The summed E-state index contributed by atoms with van der Waals surface area (Å²) in [5, 5.41) is 7.92. The van der Waals surface area contributed by atoms with E-state index in [1.54, 1.807) is 10.7 Å². The largest absolute Gasteiger partial charge is 0.304 e. The van der Waals surface area contributed by atoms with Crippen LogP contribution in [-0.2, 0) is 6.42 Å². The van der Waals surface area contributed by atoms with Crippen LogP contribution in [0.1, 0.15) is 23.1 Å². The van der Waals surface area contributed by atoms with Gasteiger partial charge in [0.15, 0.2) is 5.82 Å². The van der Waals surface area contributed by atoms with Crippen LogP contribution in [0.25, 0.3) is 16.7 Å². The molecule has 0 aliphatic rings. The van der Waals surface area contributed by atoms with Crippen molar-refractivity contribution in [3.8, 4) is 5.69 Å². The molecule has 2 aromatic carbocycles. The van der Waals surface area contributed by atoms with Crippen LogP contribution >= 0.6 is 11.6 Å². The second-order valence-corrected chi connectivity index (χ2v) is 6.40. The molecular formula is C20H16ClN5O. The van der Waals surface area contributed by atoms with Gasteiger partial charge in [-0.15, -0.1) is 5.10 Å². The van der Waals surface area contributed by atoms with Crippen molar-refractivity contribution < 1.29 is 4.79 Å². The number of aryl methyl sites for hydroxylation is 1. The van der Waals surface area contributed by atoms with Crippen LogP contribution in [0.5, 0.6) is 0 Å². The molecule has 0 unspecified atom stereocenters. The van der Waals surface area contributed by atoms with Crippen LogP contribution in [0.15, 0.2) is 60.8 Å². The smallest absolute Gasteiger partial charge is 0.277 e. The number of para-hydroxylation sites is 2. The van der Waals surface area contributed by atoms with E-state index in [0.717, 1.165) is 23.3 Å². The molecule has 0 bridgehead atoms. The van der Waals surface area contributed by atoms with E-state index in [1.165, 1.54) is 6.20 Å². The Morgan fingerprint density at radius 3 is 2.70 bits per heavy atom. The number of halogens is 1. The molecule has 6 nitrogen and oxygen atoms in total. The first kappa shape index (κ1) is 17.2. The van der Waals surface area contributed by atoms with Crippen LogP contribution in [0.3, 0.4) is 0 Å². The third kappa shape index (κ3) is 3.52. The number of hydrogen-bond acceptors (Lipinski definition) is 4. The Morgan fingerprint density at radius 2 is 1.93 bits per heavy atom. The summed E-state index contributed by atoms with van der Waals surface area (Å²) in [7, 11) is 0. The lowest BCUT2D eigenvalue weighted by molar-refractivity contribution is 0.102. The van der Waals surface area contributed by atoms with Crippen LogP contribution in [0.2, 0.25) is 5.02 Å². The number of carbonyl (C=O) groups excluding carboxylic acids is 1. The van der Waals surface area contributed by atoms with Gasteiger partial charge >= 0.3 is 0 Å². The maximum absolute atomic E-state index is 12.6. The number of rotatable bonds is 4. The molecule has 2 aromatic heterocycles. The third-order valence-electron chi connectivity index (χ3n) is 4.12. The quantitative estimate of drug-likeness (QED) is 0.576. The number of carbonyl (C=O) groups is 1. The minimum absolute atomic E-state index is 0.240. The number of anilines is 1. The molecule has 7 heteroatoms. The van der Waals surface area contributed by atoms with Crippen molar-refractivity contribution in [1.29, 1.82) is 0 Å². The highest BCUT2D eigenvalue weighted by Gasteiger charge is 2.14. The summed E-state index contributed by atoms with van der Waals surface area (Å²) in [6.45, 7) is 2.03. The molecule has 134 valence electrons. The van der Waals surface area contributed by atoms with Gasteiger partial charge in [0.25, 0.3) is 5.91 Å². The molecule has 0 atom stereocenters. The van der Waals surface area contributed by atoms with E-state index in [-0.39, 0.29) is 11.6 Å². The van der Waals surface area contributed by atoms with E-state index in [1.807, 2.05) is 55.5 Å². The van der Waals surface area contributed by atoms with Crippen LogP contribution in [-0.4, -0.2) is 25.7 Å². The Labute approximate surface area is 160 Å². The summed E-state index contributed by atoms with van der Waals surface area (Å²) < 4.78 is 1.77. The zero-order valence-corrected chi connectivity index (χ0v) is 15.3. The lowest BCUT2D eigenvalue weighted by atomic mass is 10.3. The van der Waals surface area contributed by atoms with Crippen molar-refractivity contribution in [2.75, 3.05) is 5.32 Å². The molecule has 0 saturated heterocycles. The van der Waals surface area contributed by atoms with Crippen molar-refractivity contribution in [3.05, 3.63) is 77.2 Å². The van der Waals surface area contributed by atoms with Crippen molar-refractivity contribution in [3.63, 3.8) is 0 Å². The maximum atomic E-state index is 12.6. The Balaban J connectivity index is 1.62. The lowest BCUT2D eigenvalue weighted by Gasteiger charge is -2.06. The predicted octanol–water partition coefficient (Wildman–Crippen LogP) is 4.28. The number of aromatic nitrogens is 4. The summed E-state index contributed by atoms with van der Waals surface area (Å²) in [6, 6.07) is 16.7. The van der Waals surface area contributed by atoms with Gasteiger partial charge in [0.05, 0.1) is 22.9 Å². The fraction of sp³-hybridized carbons (Fsp3) is 0.100. The van der Waals surface area contributed by atoms with Gasteiger partial charge < -0.3 is 5.32 Å². The summed E-state index contributed by atoms with van der Waals surface area (Å²) in [5.74, 6) is 0.0958. The Bertz CT molecular complexity index is 1140. The Hall–Kier alpha value is -3.25. The Morgan fingerprint density at radius 1 is 1.11 bits per heavy atom. The highest BCUT2D eigenvalue weighted by molar-refractivity contribution is 6.30. The fourth-order valence-corrected chi connectivity index (χ4v) is 3.00. The zero-order valence-electron chi connectivity index (χ0n) is 14.6. The summed E-state index contributed by atoms with van der Waals surface area (Å²) in [4.78, 5) is 21.2. The molecule has 1 amide bonds. The monoisotopic (exact) mass is 377 g/mol. The number of nitrogens with zero attached hydrogens (tertiary/aromatic N) is 4. The minimum atomic E-state index is -0.355. The average molecular weight is 378 g/mol. The van der Waals surface area contributed by atoms with E-state index in [2.05, 4.69) is 20.4 Å². The Kier molecular flexibility index (Phi) is 4.56. The third-order valence-corrected chi connectivity index (χ3v) is 4.36. The van der Waals surface area contributed by atoms with Crippen LogP contribution in [0, 0.1) is 0 Å². The molecule has 0 aliphatic carbocycles. The van der Waals surface area contributed by atoms with Gasteiger partial charge in [-0.1, -0.05) is 36.7 Å². The lowest BCUT2D eigenvalue weighted by Crippen LogP contribution is -2.14. The number of amides is 1. The molecule has 0 radical (unpaired) electrons. The van der Waals surface area contributed by atoms with Gasteiger partial charge in [-0.05, 0) is 36.8 Å². The highest BCUT2D eigenvalue weighted by atomic mass is 35.5. The maximum Gasteiger partial charge on any atom is 0.277 e. The van der Waals surface area contributed by atoms with Gasteiger partial charge in [0.2, 0.25) is 0 Å². The van der Waals surface area contributed by atoms with Gasteiger partial charge in [-0.2, -0.15) is 0 Å². The number of hydrogen-bond donors (Lipinski definition) is 1. The van der Waals surface area contributed by atoms with Crippen molar-refractivity contribution in [2.45, 2.75) is 13.3 Å². The molecule has 0 saturated carbocycles.